The minimum atomic E-state index is -3.59. The molecule has 136 valence electrons. The maximum Gasteiger partial charge on any atom is 0.243 e. The monoisotopic (exact) mass is 365 g/mol. The number of rotatable bonds is 3. The van der Waals surface area contributed by atoms with Gasteiger partial charge in [-0.3, -0.25) is 9.59 Å². The molecule has 0 atom stereocenters. The summed E-state index contributed by atoms with van der Waals surface area (Å²) in [5.74, 6) is 0.0957. The van der Waals surface area contributed by atoms with Gasteiger partial charge < -0.3 is 9.80 Å². The Kier molecular flexibility index (Phi) is 4.83. The van der Waals surface area contributed by atoms with Crippen molar-refractivity contribution >= 4 is 27.5 Å². The van der Waals surface area contributed by atoms with Crippen LogP contribution in [0.25, 0.3) is 0 Å². The molecule has 0 unspecified atom stereocenters. The zero-order chi connectivity index (χ0) is 18.2. The molecule has 0 radical (unpaired) electrons. The summed E-state index contributed by atoms with van der Waals surface area (Å²) >= 11 is 0. The third-order valence-electron chi connectivity index (χ3n) is 4.93. The Bertz CT molecular complexity index is 798. The van der Waals surface area contributed by atoms with E-state index in [2.05, 4.69) is 0 Å². The number of sulfonamides is 1. The van der Waals surface area contributed by atoms with Crippen LogP contribution in [-0.2, 0) is 26.0 Å². The number of nitrogens with zero attached hydrogens (tertiary/aromatic N) is 3. The number of amides is 2. The summed E-state index contributed by atoms with van der Waals surface area (Å²) in [5, 5.41) is 0. The van der Waals surface area contributed by atoms with E-state index < -0.39 is 10.0 Å². The van der Waals surface area contributed by atoms with E-state index in [1.54, 1.807) is 42.0 Å². The van der Waals surface area contributed by atoms with Gasteiger partial charge in [0.1, 0.15) is 0 Å². The van der Waals surface area contributed by atoms with E-state index in [1.165, 1.54) is 4.31 Å². The van der Waals surface area contributed by atoms with Crippen LogP contribution in [0.1, 0.15) is 25.3 Å². The fourth-order valence-corrected chi connectivity index (χ4v) is 4.82. The van der Waals surface area contributed by atoms with Gasteiger partial charge in [0.15, 0.2) is 0 Å². The first-order valence-electron chi connectivity index (χ1n) is 8.52. The van der Waals surface area contributed by atoms with Gasteiger partial charge >= 0.3 is 0 Å². The molecule has 25 heavy (non-hydrogen) atoms. The number of fused-ring (bicyclic) bond motifs is 1. The van der Waals surface area contributed by atoms with Crippen LogP contribution in [0.15, 0.2) is 23.1 Å². The van der Waals surface area contributed by atoms with Gasteiger partial charge in [-0.25, -0.2) is 8.42 Å². The lowest BCUT2D eigenvalue weighted by Gasteiger charge is -2.34. The first-order chi connectivity index (χ1) is 11.8. The van der Waals surface area contributed by atoms with Gasteiger partial charge in [-0.1, -0.05) is 6.92 Å². The molecule has 1 fully saturated rings. The second-order valence-corrected chi connectivity index (χ2v) is 8.32. The molecule has 2 heterocycles. The summed E-state index contributed by atoms with van der Waals surface area (Å²) < 4.78 is 27.3. The fraction of sp³-hybridized carbons (Fsp3) is 0.529. The Morgan fingerprint density at radius 2 is 1.80 bits per heavy atom. The molecule has 1 aromatic rings. The number of aryl methyl sites for hydroxylation is 1. The molecule has 0 N–H and O–H groups in total. The highest BCUT2D eigenvalue weighted by atomic mass is 32.2. The smallest absolute Gasteiger partial charge is 0.243 e. The van der Waals surface area contributed by atoms with Gasteiger partial charge in [-0.05, 0) is 30.2 Å². The van der Waals surface area contributed by atoms with Crippen LogP contribution in [0.2, 0.25) is 0 Å². The summed E-state index contributed by atoms with van der Waals surface area (Å²) in [6.45, 7) is 3.27. The third kappa shape index (κ3) is 3.28. The lowest BCUT2D eigenvalue weighted by molar-refractivity contribution is -0.132. The second kappa shape index (κ2) is 6.76. The van der Waals surface area contributed by atoms with Gasteiger partial charge in [-0.2, -0.15) is 4.31 Å². The van der Waals surface area contributed by atoms with Crippen molar-refractivity contribution in [3.8, 4) is 0 Å². The Labute approximate surface area is 148 Å². The average Bonchev–Trinajstić information content (AvgIpc) is 2.64. The van der Waals surface area contributed by atoms with Gasteiger partial charge in [0.05, 0.1) is 4.90 Å². The van der Waals surface area contributed by atoms with Crippen LogP contribution in [0.4, 0.5) is 5.69 Å². The quantitative estimate of drug-likeness (QED) is 0.795. The normalized spacial score (nSPS) is 19.0. The lowest BCUT2D eigenvalue weighted by Crippen LogP contribution is -2.50. The number of carbonyl (C=O) groups excluding carboxylic acids is 2. The van der Waals surface area contributed by atoms with Crippen molar-refractivity contribution < 1.29 is 18.0 Å². The largest absolute Gasteiger partial charge is 0.340 e. The number of hydrogen-bond acceptors (Lipinski definition) is 4. The van der Waals surface area contributed by atoms with Gasteiger partial charge in [0.25, 0.3) is 0 Å². The zero-order valence-electron chi connectivity index (χ0n) is 14.6. The number of anilines is 1. The summed E-state index contributed by atoms with van der Waals surface area (Å²) in [6.07, 6.45) is 1.38. The van der Waals surface area contributed by atoms with E-state index in [0.717, 1.165) is 11.3 Å². The van der Waals surface area contributed by atoms with Crippen molar-refractivity contribution in [1.29, 1.82) is 0 Å². The minimum Gasteiger partial charge on any atom is -0.340 e. The standard InChI is InChI=1S/C17H23N3O4S/c1-3-16(21)19-8-10-20(11-9-19)25(23,24)14-5-6-15-13(12-14)4-7-17(22)18(15)2/h5-6,12H,3-4,7-11H2,1-2H3. The first-order valence-corrected chi connectivity index (χ1v) is 9.96. The first kappa shape index (κ1) is 17.9. The minimum absolute atomic E-state index is 0.0415. The molecule has 2 aliphatic rings. The van der Waals surface area contributed by atoms with E-state index in [4.69, 9.17) is 0 Å². The molecule has 1 saturated heterocycles. The molecule has 0 saturated carbocycles. The van der Waals surface area contributed by atoms with E-state index in [-0.39, 0.29) is 16.7 Å². The Balaban J connectivity index is 1.80. The molecular weight excluding hydrogens is 342 g/mol. The van der Waals surface area contributed by atoms with Gasteiger partial charge in [0.2, 0.25) is 21.8 Å². The van der Waals surface area contributed by atoms with Crippen molar-refractivity contribution in [1.82, 2.24) is 9.21 Å². The SMILES string of the molecule is CCC(=O)N1CCN(S(=O)(=O)c2ccc3c(c2)CCC(=O)N3C)CC1. The molecular formula is C17H23N3O4S. The molecule has 7 nitrogen and oxygen atoms in total. The van der Waals surface area contributed by atoms with Crippen LogP contribution < -0.4 is 4.90 Å². The predicted octanol–water partition coefficient (Wildman–Crippen LogP) is 0.838. The van der Waals surface area contributed by atoms with Crippen LogP contribution in [0.5, 0.6) is 0 Å². The molecule has 2 amide bonds. The molecule has 0 spiro atoms. The van der Waals surface area contributed by atoms with Gasteiger partial charge in [0, 0.05) is 51.8 Å². The maximum atomic E-state index is 12.9. The summed E-state index contributed by atoms with van der Waals surface area (Å²) in [4.78, 5) is 27.0. The number of piperazine rings is 1. The van der Waals surface area contributed by atoms with Gasteiger partial charge in [-0.15, -0.1) is 0 Å². The third-order valence-corrected chi connectivity index (χ3v) is 6.82. The predicted molar refractivity (Wildman–Crippen MR) is 93.8 cm³/mol. The van der Waals surface area contributed by atoms with Crippen molar-refractivity contribution in [3.63, 3.8) is 0 Å². The number of benzene rings is 1. The van der Waals surface area contributed by atoms with Crippen LogP contribution in [0, 0.1) is 0 Å². The van der Waals surface area contributed by atoms with E-state index in [9.17, 15) is 18.0 Å². The molecule has 0 aromatic heterocycles. The fourth-order valence-electron chi connectivity index (χ4n) is 3.34. The number of carbonyl (C=O) groups is 2. The Morgan fingerprint density at radius 3 is 2.44 bits per heavy atom. The van der Waals surface area contributed by atoms with E-state index in [1.807, 2.05) is 0 Å². The molecule has 8 heteroatoms. The van der Waals surface area contributed by atoms with Crippen molar-refractivity contribution in [2.24, 2.45) is 0 Å². The molecule has 3 rings (SSSR count). The van der Waals surface area contributed by atoms with E-state index >= 15 is 0 Å². The van der Waals surface area contributed by atoms with Crippen molar-refractivity contribution in [2.75, 3.05) is 38.1 Å². The summed E-state index contributed by atoms with van der Waals surface area (Å²) in [6, 6.07) is 4.94. The molecule has 1 aromatic carbocycles. The summed E-state index contributed by atoms with van der Waals surface area (Å²) in [7, 11) is -1.88. The molecule has 2 aliphatic heterocycles. The molecule has 0 bridgehead atoms. The zero-order valence-corrected chi connectivity index (χ0v) is 15.4. The molecule has 0 aliphatic carbocycles. The highest BCUT2D eigenvalue weighted by Gasteiger charge is 2.31. The maximum absolute atomic E-state index is 12.9. The Hall–Kier alpha value is -1.93. The topological polar surface area (TPSA) is 78.0 Å². The van der Waals surface area contributed by atoms with Crippen molar-refractivity contribution in [3.05, 3.63) is 23.8 Å². The Morgan fingerprint density at radius 1 is 1.12 bits per heavy atom. The average molecular weight is 365 g/mol. The van der Waals surface area contributed by atoms with Crippen LogP contribution >= 0.6 is 0 Å². The van der Waals surface area contributed by atoms with Crippen LogP contribution in [-0.4, -0.2) is 62.7 Å². The van der Waals surface area contributed by atoms with Crippen LogP contribution in [0.3, 0.4) is 0 Å². The highest BCUT2D eigenvalue weighted by Crippen LogP contribution is 2.30. The van der Waals surface area contributed by atoms with Crippen molar-refractivity contribution in [2.45, 2.75) is 31.1 Å². The lowest BCUT2D eigenvalue weighted by atomic mass is 10.0. The van der Waals surface area contributed by atoms with E-state index in [0.29, 0.717) is 45.4 Å². The summed E-state index contributed by atoms with van der Waals surface area (Å²) in [5.41, 5.74) is 1.65. The highest BCUT2D eigenvalue weighted by molar-refractivity contribution is 7.89. The second-order valence-electron chi connectivity index (χ2n) is 6.38. The number of hydrogen-bond donors (Lipinski definition) is 0.